The molecule has 0 radical (unpaired) electrons. The lowest BCUT2D eigenvalue weighted by Crippen LogP contribution is -2.03. The zero-order chi connectivity index (χ0) is 10.7. The van der Waals surface area contributed by atoms with Gasteiger partial charge in [0.05, 0.1) is 10.6 Å². The van der Waals surface area contributed by atoms with Crippen LogP contribution in [0.5, 0.6) is 0 Å². The van der Waals surface area contributed by atoms with Gasteiger partial charge in [0.15, 0.2) is 0 Å². The molecule has 1 aromatic rings. The Morgan fingerprint density at radius 2 is 2.14 bits per heavy atom. The zero-order valence-electron chi connectivity index (χ0n) is 7.04. The van der Waals surface area contributed by atoms with E-state index in [9.17, 15) is 10.1 Å². The molecule has 1 rings (SSSR count). The quantitative estimate of drug-likeness (QED) is 0.354. The lowest BCUT2D eigenvalue weighted by atomic mass is 10.2. The number of nitrogens with two attached hydrogens (primary N) is 1. The molecule has 1 heterocycles. The highest BCUT2D eigenvalue weighted by atomic mass is 127. The smallest absolute Gasteiger partial charge is 0.314 e. The van der Waals surface area contributed by atoms with Crippen LogP contribution in [0.15, 0.2) is 6.07 Å². The molecule has 0 saturated heterocycles. The number of nitrogen functional groups attached to an aromatic ring is 1. The normalized spacial score (nSPS) is 10.1. The van der Waals surface area contributed by atoms with Crippen LogP contribution in [0.3, 0.4) is 0 Å². The van der Waals surface area contributed by atoms with Crippen LogP contribution in [0.4, 0.5) is 11.4 Å². The predicted molar refractivity (Wildman–Crippen MR) is 70.8 cm³/mol. The van der Waals surface area contributed by atoms with E-state index in [1.54, 1.807) is 6.07 Å². The topological polar surface area (TPSA) is 82.0 Å². The van der Waals surface area contributed by atoms with E-state index in [-0.39, 0.29) is 11.4 Å². The zero-order valence-corrected chi connectivity index (χ0v) is 11.4. The van der Waals surface area contributed by atoms with Crippen LogP contribution in [-0.2, 0) is 8.86 Å². The Labute approximate surface area is 108 Å². The Bertz CT molecular complexity index is 370. The lowest BCUT2D eigenvalue weighted by Gasteiger charge is -2.04. The summed E-state index contributed by atoms with van der Waals surface area (Å²) >= 11 is 4.18. The van der Waals surface area contributed by atoms with Gasteiger partial charge in [-0.1, -0.05) is 45.2 Å². The summed E-state index contributed by atoms with van der Waals surface area (Å²) in [5.41, 5.74) is 6.95. The standard InChI is InChI=1S/C7H7I2N3O2/c8-2-4-1-5(10)7(12(13)14)6(3-9)11-4/h1H,2-3H2,(H2,10,11). The van der Waals surface area contributed by atoms with Crippen LogP contribution in [-0.4, -0.2) is 9.91 Å². The van der Waals surface area contributed by atoms with E-state index in [0.29, 0.717) is 14.5 Å². The van der Waals surface area contributed by atoms with Gasteiger partial charge in [0.2, 0.25) is 0 Å². The monoisotopic (exact) mass is 419 g/mol. The average Bonchev–Trinajstić information content (AvgIpc) is 2.15. The Balaban J connectivity index is 3.34. The molecule has 0 fully saturated rings. The van der Waals surface area contributed by atoms with Gasteiger partial charge >= 0.3 is 5.69 Å². The van der Waals surface area contributed by atoms with Gasteiger partial charge in [-0.25, -0.2) is 4.98 Å². The summed E-state index contributed by atoms with van der Waals surface area (Å²) in [6.07, 6.45) is 0. The van der Waals surface area contributed by atoms with Crippen molar-refractivity contribution >= 4 is 56.6 Å². The van der Waals surface area contributed by atoms with E-state index >= 15 is 0 Å². The first-order chi connectivity index (χ1) is 6.60. The highest BCUT2D eigenvalue weighted by Gasteiger charge is 2.19. The summed E-state index contributed by atoms with van der Waals surface area (Å²) in [6.45, 7) is 0. The molecule has 0 atom stereocenters. The fourth-order valence-electron chi connectivity index (χ4n) is 1.05. The van der Waals surface area contributed by atoms with E-state index in [1.165, 1.54) is 0 Å². The fraction of sp³-hybridized carbons (Fsp3) is 0.286. The van der Waals surface area contributed by atoms with Crippen molar-refractivity contribution in [3.05, 3.63) is 27.6 Å². The van der Waals surface area contributed by atoms with Crippen LogP contribution in [0.25, 0.3) is 0 Å². The molecule has 14 heavy (non-hydrogen) atoms. The van der Waals surface area contributed by atoms with Crippen molar-refractivity contribution in [2.75, 3.05) is 5.73 Å². The van der Waals surface area contributed by atoms with Gasteiger partial charge in [-0.3, -0.25) is 10.1 Å². The number of pyridine rings is 1. The maximum atomic E-state index is 10.7. The molecule has 5 nitrogen and oxygen atoms in total. The van der Waals surface area contributed by atoms with Gasteiger partial charge in [0, 0.05) is 8.86 Å². The van der Waals surface area contributed by atoms with Crippen molar-refractivity contribution in [1.82, 2.24) is 4.98 Å². The number of hydrogen-bond donors (Lipinski definition) is 1. The van der Waals surface area contributed by atoms with Crippen LogP contribution < -0.4 is 5.73 Å². The maximum Gasteiger partial charge on any atom is 0.314 e. The molecule has 0 unspecified atom stereocenters. The van der Waals surface area contributed by atoms with Crippen molar-refractivity contribution in [3.63, 3.8) is 0 Å². The molecular formula is C7H7I2N3O2. The van der Waals surface area contributed by atoms with Crippen molar-refractivity contribution < 1.29 is 4.92 Å². The van der Waals surface area contributed by atoms with Crippen LogP contribution in [0.2, 0.25) is 0 Å². The van der Waals surface area contributed by atoms with Crippen molar-refractivity contribution in [1.29, 1.82) is 0 Å². The highest BCUT2D eigenvalue weighted by Crippen LogP contribution is 2.27. The third-order valence-electron chi connectivity index (χ3n) is 1.59. The molecule has 1 aromatic heterocycles. The third-order valence-corrected chi connectivity index (χ3v) is 3.10. The molecule has 0 saturated carbocycles. The summed E-state index contributed by atoms with van der Waals surface area (Å²) in [5, 5.41) is 10.7. The van der Waals surface area contributed by atoms with Crippen molar-refractivity contribution in [3.8, 4) is 0 Å². The lowest BCUT2D eigenvalue weighted by molar-refractivity contribution is -0.384. The van der Waals surface area contributed by atoms with E-state index in [4.69, 9.17) is 5.73 Å². The summed E-state index contributed by atoms with van der Waals surface area (Å²) in [5.74, 6) is 0. The molecule has 0 amide bonds. The minimum atomic E-state index is -0.479. The fourth-order valence-corrected chi connectivity index (χ4v) is 1.97. The van der Waals surface area contributed by atoms with Crippen LogP contribution in [0, 0.1) is 10.1 Å². The molecule has 0 aliphatic carbocycles. The second kappa shape index (κ2) is 5.05. The Morgan fingerprint density at radius 3 is 2.57 bits per heavy atom. The number of rotatable bonds is 3. The first-order valence-electron chi connectivity index (χ1n) is 3.64. The number of hydrogen-bond acceptors (Lipinski definition) is 4. The van der Waals surface area contributed by atoms with E-state index < -0.39 is 4.92 Å². The van der Waals surface area contributed by atoms with Gasteiger partial charge < -0.3 is 5.73 Å². The number of aromatic nitrogens is 1. The number of anilines is 1. The van der Waals surface area contributed by atoms with Crippen molar-refractivity contribution in [2.24, 2.45) is 0 Å². The number of nitrogens with zero attached hydrogens (tertiary/aromatic N) is 2. The largest absolute Gasteiger partial charge is 0.393 e. The SMILES string of the molecule is Nc1cc(CI)nc(CI)c1[N+](=O)[O-]. The molecule has 0 aromatic carbocycles. The van der Waals surface area contributed by atoms with Gasteiger partial charge in [-0.05, 0) is 6.07 Å². The summed E-state index contributed by atoms with van der Waals surface area (Å²) in [4.78, 5) is 14.4. The van der Waals surface area contributed by atoms with Crippen LogP contribution in [0.1, 0.15) is 11.4 Å². The molecule has 7 heteroatoms. The van der Waals surface area contributed by atoms with Gasteiger partial charge in [-0.2, -0.15) is 0 Å². The van der Waals surface area contributed by atoms with Crippen molar-refractivity contribution in [2.45, 2.75) is 8.86 Å². The molecule has 0 bridgehead atoms. The third kappa shape index (κ3) is 2.43. The van der Waals surface area contributed by atoms with Gasteiger partial charge in [0.1, 0.15) is 11.4 Å². The molecule has 0 aliphatic rings. The highest BCUT2D eigenvalue weighted by molar-refractivity contribution is 14.1. The average molecular weight is 419 g/mol. The molecule has 2 N–H and O–H groups in total. The predicted octanol–water partition coefficient (Wildman–Crippen LogP) is 2.44. The van der Waals surface area contributed by atoms with Gasteiger partial charge in [0.25, 0.3) is 0 Å². The Kier molecular flexibility index (Phi) is 4.29. The number of halogens is 2. The number of nitro groups is 1. The van der Waals surface area contributed by atoms with E-state index in [1.807, 2.05) is 22.6 Å². The molecule has 0 aliphatic heterocycles. The number of alkyl halides is 2. The minimum Gasteiger partial charge on any atom is -0.393 e. The van der Waals surface area contributed by atoms with E-state index in [2.05, 4.69) is 27.6 Å². The first kappa shape index (κ1) is 11.9. The van der Waals surface area contributed by atoms with Gasteiger partial charge in [-0.15, -0.1) is 0 Å². The van der Waals surface area contributed by atoms with Crippen LogP contribution >= 0.6 is 45.2 Å². The Morgan fingerprint density at radius 1 is 1.50 bits per heavy atom. The molecular weight excluding hydrogens is 412 g/mol. The Hall–Kier alpha value is -0.190. The first-order valence-corrected chi connectivity index (χ1v) is 6.69. The summed E-state index contributed by atoms with van der Waals surface area (Å²) in [7, 11) is 0. The van der Waals surface area contributed by atoms with E-state index in [0.717, 1.165) is 5.69 Å². The second-order valence-electron chi connectivity index (χ2n) is 2.52. The maximum absolute atomic E-state index is 10.7. The molecule has 76 valence electrons. The summed E-state index contributed by atoms with van der Waals surface area (Å²) in [6, 6.07) is 1.56. The second-order valence-corrected chi connectivity index (χ2v) is 4.05. The summed E-state index contributed by atoms with van der Waals surface area (Å²) < 4.78 is 1.19. The minimum absolute atomic E-state index is 0.0620. The molecule has 0 spiro atoms.